The fraction of sp³-hybridized carbons (Fsp3) is 0. The van der Waals surface area contributed by atoms with E-state index >= 15 is 0 Å². The summed E-state index contributed by atoms with van der Waals surface area (Å²) in [5, 5.41) is 24.0. The van der Waals surface area contributed by atoms with E-state index in [4.69, 9.17) is 15.1 Å². The van der Waals surface area contributed by atoms with Crippen molar-refractivity contribution in [3.05, 3.63) is 0 Å². The summed E-state index contributed by atoms with van der Waals surface area (Å²) in [7, 11) is -2.67. The molecular formula is H5BCuF4O3. The summed E-state index contributed by atoms with van der Waals surface area (Å²) in [6.45, 7) is 0. The van der Waals surface area contributed by atoms with Crippen molar-refractivity contribution in [2.24, 2.45) is 0 Å². The van der Waals surface area contributed by atoms with Gasteiger partial charge in [0.15, 0.2) is 0 Å². The van der Waals surface area contributed by atoms with Crippen molar-refractivity contribution in [1.29, 1.82) is 0 Å². The molecule has 3 nitrogen and oxygen atoms in total. The largest absolute Gasteiger partial charge is 2.00 e. The fourth-order valence-corrected chi connectivity index (χ4v) is 0. The van der Waals surface area contributed by atoms with E-state index in [9.17, 15) is 0 Å². The Morgan fingerprint density at radius 3 is 0.889 bits per heavy atom. The molecule has 0 unspecified atom stereocenters. The molecule has 0 amide bonds. The van der Waals surface area contributed by atoms with Gasteiger partial charge in [-0.1, -0.05) is 0 Å². The minimum absolute atomic E-state index is 0. The van der Waals surface area contributed by atoms with Crippen molar-refractivity contribution in [3.8, 4) is 0 Å². The molecule has 9 heavy (non-hydrogen) atoms. The first-order valence-corrected chi connectivity index (χ1v) is 0.730. The van der Waals surface area contributed by atoms with E-state index in [1.165, 1.54) is 0 Å². The van der Waals surface area contributed by atoms with Gasteiger partial charge in [-0.2, -0.15) is 0 Å². The number of rotatable bonds is 0. The molecule has 0 aromatic heterocycles. The fourth-order valence-electron chi connectivity index (χ4n) is 0. The molecule has 0 aliphatic rings. The molecule has 9 heteroatoms. The van der Waals surface area contributed by atoms with E-state index in [-0.39, 0.29) is 35.9 Å². The van der Waals surface area contributed by atoms with E-state index in [2.05, 4.69) is 0 Å². The maximum Gasteiger partial charge on any atom is 2.00 e. The molecule has 0 saturated carbocycles. The summed E-state index contributed by atoms with van der Waals surface area (Å²) in [6, 6.07) is 0. The van der Waals surface area contributed by atoms with Crippen LogP contribution in [-0.4, -0.2) is 12.3 Å². The second-order valence-electron chi connectivity index (χ2n) is 0.307. The Balaban J connectivity index is -0.00000000450. The van der Waals surface area contributed by atoms with Crippen molar-refractivity contribution in [1.82, 2.24) is 0 Å². The monoisotopic (exact) mass is 203 g/mol. The van der Waals surface area contributed by atoms with Gasteiger partial charge < -0.3 is 15.1 Å². The summed E-state index contributed by atoms with van der Waals surface area (Å²) in [4.78, 5) is 0. The molecule has 0 spiro atoms. The van der Waals surface area contributed by atoms with Crippen LogP contribution in [0.15, 0.2) is 0 Å². The van der Waals surface area contributed by atoms with Crippen molar-refractivity contribution in [3.63, 3.8) is 0 Å². The van der Waals surface area contributed by atoms with Crippen LogP contribution in [0.1, 0.15) is 0 Å². The predicted octanol–water partition coefficient (Wildman–Crippen LogP) is -2.71. The van der Waals surface area contributed by atoms with Gasteiger partial charge in [0.2, 0.25) is 0 Å². The van der Waals surface area contributed by atoms with Crippen LogP contribution >= 0.6 is 0 Å². The van der Waals surface area contributed by atoms with Crippen LogP contribution in [0.3, 0.4) is 0 Å². The van der Waals surface area contributed by atoms with E-state index in [1.807, 2.05) is 0 Å². The number of hydrogen-bond donors (Lipinski definition) is 1. The molecule has 0 aromatic rings. The maximum absolute atomic E-state index is 8.53. The average molecular weight is 203 g/mol. The zero-order chi connectivity index (χ0) is 3.58. The van der Waals surface area contributed by atoms with Gasteiger partial charge in [0.1, 0.15) is 0 Å². The Morgan fingerprint density at radius 2 is 0.889 bits per heavy atom. The first-order chi connectivity index (χ1) is 1.73. The third-order valence-corrected chi connectivity index (χ3v) is 0. The summed E-state index contributed by atoms with van der Waals surface area (Å²) in [6.07, 6.45) is 0. The van der Waals surface area contributed by atoms with Crippen LogP contribution in [-0.2, 0) is 17.1 Å². The van der Waals surface area contributed by atoms with Gasteiger partial charge in [0.25, 0.3) is 0 Å². The molecule has 0 aliphatic heterocycles. The van der Waals surface area contributed by atoms with Crippen molar-refractivity contribution in [2.75, 3.05) is 0 Å². The Labute approximate surface area is 59.2 Å². The molecule has 0 saturated heterocycles. The van der Waals surface area contributed by atoms with Gasteiger partial charge in [-0.3, -0.25) is 18.8 Å². The summed E-state index contributed by atoms with van der Waals surface area (Å²) < 4.78 is 0. The van der Waals surface area contributed by atoms with Crippen LogP contribution in [0.4, 0.5) is 18.8 Å². The summed E-state index contributed by atoms with van der Waals surface area (Å²) in [5.41, 5.74) is 0. The zero-order valence-corrected chi connectivity index (χ0v) is 4.72. The topological polar surface area (TPSA) is 66.3 Å². The molecular weight excluding hydrogens is 198 g/mol. The van der Waals surface area contributed by atoms with E-state index in [1.54, 1.807) is 0 Å². The Hall–Kier alpha value is 0.184. The first kappa shape index (κ1) is 60.7. The molecule has 0 aromatic carbocycles. The SMILES string of the molecule is F.F.F.F.[Cu+2].[O-]B([O-])O. The van der Waals surface area contributed by atoms with Gasteiger partial charge in [0.05, 0.1) is 7.32 Å². The van der Waals surface area contributed by atoms with Gasteiger partial charge in [-0.05, 0) is 0 Å². The molecule has 0 rings (SSSR count). The molecule has 0 bridgehead atoms. The quantitative estimate of drug-likeness (QED) is 0.344. The van der Waals surface area contributed by atoms with Crippen molar-refractivity contribution < 1.29 is 51.0 Å². The maximum atomic E-state index is 8.53. The molecule has 0 heterocycles. The summed E-state index contributed by atoms with van der Waals surface area (Å²) >= 11 is 0. The molecule has 0 aliphatic carbocycles. The second-order valence-corrected chi connectivity index (χ2v) is 0.307. The van der Waals surface area contributed by atoms with Crippen LogP contribution in [0.5, 0.6) is 0 Å². The van der Waals surface area contributed by atoms with Gasteiger partial charge >= 0.3 is 17.1 Å². The minimum Gasteiger partial charge on any atom is -0.871 e. The Bertz CT molecular complexity index is 20.5. The van der Waals surface area contributed by atoms with Gasteiger partial charge in [-0.15, -0.1) is 0 Å². The minimum atomic E-state index is -2.67. The normalized spacial score (nSPS) is 3.00. The van der Waals surface area contributed by atoms with Gasteiger partial charge in [0, 0.05) is 0 Å². The Morgan fingerprint density at radius 1 is 0.889 bits per heavy atom. The van der Waals surface area contributed by atoms with Crippen molar-refractivity contribution >= 4 is 7.32 Å². The van der Waals surface area contributed by atoms with Crippen LogP contribution < -0.4 is 10.0 Å². The third-order valence-electron chi connectivity index (χ3n) is 0. The third kappa shape index (κ3) is 9200. The van der Waals surface area contributed by atoms with Crippen LogP contribution in [0.25, 0.3) is 0 Å². The number of hydrogen-bond acceptors (Lipinski definition) is 3. The predicted molar refractivity (Wildman–Crippen MR) is 18.0 cm³/mol. The Kier molecular flexibility index (Phi) is 281. The second kappa shape index (κ2) is 41.7. The van der Waals surface area contributed by atoms with E-state index < -0.39 is 7.32 Å². The molecule has 0 fully saturated rings. The van der Waals surface area contributed by atoms with E-state index in [0.29, 0.717) is 0 Å². The zero-order valence-electron chi connectivity index (χ0n) is 3.78. The van der Waals surface area contributed by atoms with Crippen molar-refractivity contribution in [2.45, 2.75) is 0 Å². The first-order valence-electron chi connectivity index (χ1n) is 0.730. The average Bonchev–Trinajstić information content (AvgIpc) is 0.811. The smallest absolute Gasteiger partial charge is 0.871 e. The molecule has 1 N–H and O–H groups in total. The molecule has 65 valence electrons. The van der Waals surface area contributed by atoms with Crippen LogP contribution in [0.2, 0.25) is 0 Å². The van der Waals surface area contributed by atoms with Gasteiger partial charge in [-0.25, -0.2) is 0 Å². The molecule has 1 radical (unpaired) electrons. The van der Waals surface area contributed by atoms with Crippen LogP contribution in [0, 0.1) is 0 Å². The molecule has 0 atom stereocenters. The van der Waals surface area contributed by atoms with E-state index in [0.717, 1.165) is 0 Å². The number of halogens is 4. The standard InChI is InChI=1S/BHO3.Cu.4FH/c2-1(3)4;;;;;/h2H;;4*1H/q-2;+2;;;;. The summed E-state index contributed by atoms with van der Waals surface area (Å²) in [5.74, 6) is 0.